The van der Waals surface area contributed by atoms with Crippen molar-refractivity contribution < 1.29 is 0 Å². The molecule has 1 aromatic carbocycles. The molecule has 1 aliphatic heterocycles. The molecule has 2 heterocycles. The van der Waals surface area contributed by atoms with Gasteiger partial charge in [0.05, 0.1) is 0 Å². The number of para-hydroxylation sites is 1. The number of anilines is 2. The van der Waals surface area contributed by atoms with Gasteiger partial charge in [-0.05, 0) is 36.6 Å². The van der Waals surface area contributed by atoms with Crippen LogP contribution >= 0.6 is 0 Å². The lowest BCUT2D eigenvalue weighted by Crippen LogP contribution is -2.28. The highest BCUT2D eigenvalue weighted by Gasteiger charge is 2.25. The zero-order chi connectivity index (χ0) is 13.2. The van der Waals surface area contributed by atoms with Crippen molar-refractivity contribution in [3.63, 3.8) is 0 Å². The number of pyridine rings is 1. The van der Waals surface area contributed by atoms with Gasteiger partial charge in [0.25, 0.3) is 0 Å². The summed E-state index contributed by atoms with van der Waals surface area (Å²) in [6.45, 7) is 3.15. The highest BCUT2D eigenvalue weighted by Crippen LogP contribution is 2.32. The molecule has 0 amide bonds. The summed E-state index contributed by atoms with van der Waals surface area (Å²) < 4.78 is 0. The minimum Gasteiger partial charge on any atom is -0.364 e. The Labute approximate surface area is 113 Å². The summed E-state index contributed by atoms with van der Waals surface area (Å²) in [5, 5.41) is 0. The van der Waals surface area contributed by atoms with Crippen molar-refractivity contribution in [2.75, 3.05) is 10.3 Å². The van der Waals surface area contributed by atoms with E-state index in [1.165, 1.54) is 16.8 Å². The Morgan fingerprint density at radius 1 is 1.32 bits per heavy atom. The molecule has 0 bridgehead atoms. The van der Waals surface area contributed by atoms with Gasteiger partial charge in [0.15, 0.2) is 0 Å². The molecule has 0 spiro atoms. The van der Waals surface area contributed by atoms with Crippen LogP contribution in [0.25, 0.3) is 0 Å². The summed E-state index contributed by atoms with van der Waals surface area (Å²) in [5.74, 6) is 6.02. The molecule has 1 atom stereocenters. The van der Waals surface area contributed by atoms with Gasteiger partial charge in [-0.1, -0.05) is 24.3 Å². The van der Waals surface area contributed by atoms with Crippen LogP contribution in [-0.2, 0) is 13.0 Å². The predicted octanol–water partition coefficient (Wildman–Crippen LogP) is 2.32. The van der Waals surface area contributed by atoms with Gasteiger partial charge in [-0.25, -0.2) is 10.8 Å². The molecule has 0 saturated carbocycles. The van der Waals surface area contributed by atoms with Crippen LogP contribution in [0.4, 0.5) is 11.5 Å². The minimum absolute atomic E-state index is 0.532. The molecule has 0 radical (unpaired) electrons. The van der Waals surface area contributed by atoms with Gasteiger partial charge >= 0.3 is 0 Å². The quantitative estimate of drug-likeness (QED) is 0.652. The van der Waals surface area contributed by atoms with E-state index in [4.69, 9.17) is 5.84 Å². The molecule has 1 aromatic heterocycles. The van der Waals surface area contributed by atoms with Gasteiger partial charge in [0.1, 0.15) is 5.82 Å². The molecule has 4 heteroatoms. The molecule has 19 heavy (non-hydrogen) atoms. The average Bonchev–Trinajstić information content (AvgIpc) is 2.76. The molecule has 4 nitrogen and oxygen atoms in total. The first-order valence-corrected chi connectivity index (χ1v) is 6.54. The van der Waals surface area contributed by atoms with E-state index in [0.717, 1.165) is 13.0 Å². The summed E-state index contributed by atoms with van der Waals surface area (Å²) in [4.78, 5) is 6.69. The molecule has 0 saturated heterocycles. The van der Waals surface area contributed by atoms with E-state index < -0.39 is 0 Å². The minimum atomic E-state index is 0.532. The fourth-order valence-electron chi connectivity index (χ4n) is 2.67. The number of rotatable bonds is 3. The number of hydrazine groups is 1. The number of nitrogens with two attached hydrogens (primary N) is 1. The van der Waals surface area contributed by atoms with Crippen LogP contribution < -0.4 is 16.2 Å². The molecule has 98 valence electrons. The second kappa shape index (κ2) is 4.90. The Hall–Kier alpha value is -2.07. The predicted molar refractivity (Wildman–Crippen MR) is 77.8 cm³/mol. The Balaban J connectivity index is 1.82. The zero-order valence-electron chi connectivity index (χ0n) is 11.0. The van der Waals surface area contributed by atoms with Crippen molar-refractivity contribution in [3.8, 4) is 0 Å². The van der Waals surface area contributed by atoms with E-state index in [-0.39, 0.29) is 0 Å². The molecule has 1 aliphatic rings. The van der Waals surface area contributed by atoms with Crippen molar-refractivity contribution in [1.82, 2.24) is 4.98 Å². The first-order valence-electron chi connectivity index (χ1n) is 6.54. The highest BCUT2D eigenvalue weighted by atomic mass is 15.2. The maximum Gasteiger partial charge on any atom is 0.139 e. The lowest BCUT2D eigenvalue weighted by molar-refractivity contribution is 0.671. The van der Waals surface area contributed by atoms with Crippen molar-refractivity contribution in [1.29, 1.82) is 0 Å². The maximum absolute atomic E-state index is 5.33. The Bertz CT molecular complexity index is 565. The number of aromatic nitrogens is 1. The van der Waals surface area contributed by atoms with Crippen molar-refractivity contribution in [2.45, 2.75) is 25.9 Å². The molecular weight excluding hydrogens is 236 g/mol. The van der Waals surface area contributed by atoms with Crippen LogP contribution in [0.15, 0.2) is 42.6 Å². The second-order valence-corrected chi connectivity index (χ2v) is 5.01. The molecule has 3 rings (SSSR count). The van der Waals surface area contributed by atoms with Gasteiger partial charge in [-0.3, -0.25) is 0 Å². The molecule has 2 aromatic rings. The summed E-state index contributed by atoms with van der Waals surface area (Å²) in [6.07, 6.45) is 2.99. The number of hydrogen-bond donors (Lipinski definition) is 2. The third kappa shape index (κ3) is 2.27. The topological polar surface area (TPSA) is 54.2 Å². The van der Waals surface area contributed by atoms with E-state index in [2.05, 4.69) is 52.6 Å². The third-order valence-corrected chi connectivity index (χ3v) is 3.67. The molecule has 3 N–H and O–H groups in total. The lowest BCUT2D eigenvalue weighted by atomic mass is 10.1. The van der Waals surface area contributed by atoms with Crippen LogP contribution in [0.2, 0.25) is 0 Å². The van der Waals surface area contributed by atoms with Gasteiger partial charge in [-0.15, -0.1) is 0 Å². The zero-order valence-corrected chi connectivity index (χ0v) is 11.0. The molecule has 0 fully saturated rings. The number of nitrogen functional groups attached to an aromatic ring is 1. The summed E-state index contributed by atoms with van der Waals surface area (Å²) in [7, 11) is 0. The largest absolute Gasteiger partial charge is 0.364 e. The Morgan fingerprint density at radius 3 is 2.89 bits per heavy atom. The van der Waals surface area contributed by atoms with Crippen LogP contribution in [0.3, 0.4) is 0 Å². The van der Waals surface area contributed by atoms with E-state index in [1.54, 1.807) is 0 Å². The molecular formula is C15H18N4. The van der Waals surface area contributed by atoms with Crippen LogP contribution in [0.5, 0.6) is 0 Å². The average molecular weight is 254 g/mol. The van der Waals surface area contributed by atoms with Crippen molar-refractivity contribution >= 4 is 11.5 Å². The summed E-state index contributed by atoms with van der Waals surface area (Å²) in [6, 6.07) is 13.1. The number of fused-ring (bicyclic) bond motifs is 1. The van der Waals surface area contributed by atoms with E-state index in [0.29, 0.717) is 11.9 Å². The Kier molecular flexibility index (Phi) is 3.09. The molecule has 1 unspecified atom stereocenters. The van der Waals surface area contributed by atoms with Crippen molar-refractivity contribution in [2.24, 2.45) is 5.84 Å². The fourth-order valence-corrected chi connectivity index (χ4v) is 2.67. The van der Waals surface area contributed by atoms with Crippen LogP contribution in [-0.4, -0.2) is 11.0 Å². The van der Waals surface area contributed by atoms with Gasteiger partial charge in [-0.2, -0.15) is 0 Å². The number of benzene rings is 1. The van der Waals surface area contributed by atoms with Crippen LogP contribution in [0, 0.1) is 0 Å². The normalized spacial score (nSPS) is 17.4. The SMILES string of the molecule is CC1Cc2ccccc2N1Cc1ccc(NN)nc1. The fraction of sp³-hybridized carbons (Fsp3) is 0.267. The lowest BCUT2D eigenvalue weighted by Gasteiger charge is -2.24. The first-order chi connectivity index (χ1) is 9.28. The highest BCUT2D eigenvalue weighted by molar-refractivity contribution is 5.59. The molecule has 0 aliphatic carbocycles. The standard InChI is InChI=1S/C15H18N4/c1-11-8-13-4-2-3-5-14(13)19(11)10-12-6-7-15(18-16)17-9-12/h2-7,9,11H,8,10,16H2,1H3,(H,17,18). The van der Waals surface area contributed by atoms with E-state index >= 15 is 0 Å². The first kappa shape index (κ1) is 12.0. The number of nitrogens with zero attached hydrogens (tertiary/aromatic N) is 2. The number of hydrogen-bond acceptors (Lipinski definition) is 4. The van der Waals surface area contributed by atoms with Crippen molar-refractivity contribution in [3.05, 3.63) is 53.7 Å². The summed E-state index contributed by atoms with van der Waals surface area (Å²) >= 11 is 0. The smallest absolute Gasteiger partial charge is 0.139 e. The Morgan fingerprint density at radius 2 is 2.16 bits per heavy atom. The van der Waals surface area contributed by atoms with E-state index in [1.807, 2.05) is 12.3 Å². The monoisotopic (exact) mass is 254 g/mol. The van der Waals surface area contributed by atoms with E-state index in [9.17, 15) is 0 Å². The van der Waals surface area contributed by atoms with Gasteiger partial charge in [0, 0.05) is 24.5 Å². The van der Waals surface area contributed by atoms with Crippen LogP contribution in [0.1, 0.15) is 18.1 Å². The number of nitrogens with one attached hydrogen (secondary N) is 1. The van der Waals surface area contributed by atoms with Gasteiger partial charge < -0.3 is 10.3 Å². The second-order valence-electron chi connectivity index (χ2n) is 5.01. The third-order valence-electron chi connectivity index (χ3n) is 3.67. The maximum atomic E-state index is 5.33. The summed E-state index contributed by atoms with van der Waals surface area (Å²) in [5.41, 5.74) is 6.52. The van der Waals surface area contributed by atoms with Gasteiger partial charge in [0.2, 0.25) is 0 Å².